The van der Waals surface area contributed by atoms with E-state index in [1.807, 2.05) is 32.0 Å². The van der Waals surface area contributed by atoms with Gasteiger partial charge in [-0.05, 0) is 31.0 Å². The number of benzene rings is 1. The molecule has 1 aromatic heterocycles. The Bertz CT molecular complexity index is 494. The lowest BCUT2D eigenvalue weighted by Gasteiger charge is -2.06. The molecule has 1 aromatic carbocycles. The van der Waals surface area contributed by atoms with Crippen LogP contribution in [0.3, 0.4) is 0 Å². The van der Waals surface area contributed by atoms with Gasteiger partial charge in [0.05, 0.1) is 11.6 Å². The number of nitrogens with zero attached hydrogens (tertiary/aromatic N) is 1. The maximum atomic E-state index is 5.62. The minimum absolute atomic E-state index is 0.226. The molecule has 0 saturated carbocycles. The Kier molecular flexibility index (Phi) is 3.15. The maximum absolute atomic E-state index is 5.62. The van der Waals surface area contributed by atoms with Gasteiger partial charge in [-0.15, -0.1) is 11.6 Å². The van der Waals surface area contributed by atoms with Crippen LogP contribution in [-0.4, -0.2) is 4.98 Å². The Balaban J connectivity index is 2.23. The number of ether oxygens (including phenoxy) is 1. The van der Waals surface area contributed by atoms with Gasteiger partial charge >= 0.3 is 6.08 Å². The molecule has 0 bridgehead atoms. The quantitative estimate of drug-likeness (QED) is 0.762. The van der Waals surface area contributed by atoms with Gasteiger partial charge < -0.3 is 9.15 Å². The third-order valence-corrected chi connectivity index (χ3v) is 2.69. The van der Waals surface area contributed by atoms with Crippen molar-refractivity contribution >= 4 is 11.6 Å². The van der Waals surface area contributed by atoms with Crippen LogP contribution >= 0.6 is 11.6 Å². The number of aromatic nitrogens is 1. The predicted molar refractivity (Wildman–Crippen MR) is 62.1 cm³/mol. The number of aryl methyl sites for hydroxylation is 1. The summed E-state index contributed by atoms with van der Waals surface area (Å²) < 4.78 is 10.7. The van der Waals surface area contributed by atoms with E-state index in [2.05, 4.69) is 4.98 Å². The lowest BCUT2D eigenvalue weighted by atomic mass is 10.1. The van der Waals surface area contributed by atoms with Crippen molar-refractivity contribution in [1.82, 2.24) is 4.98 Å². The molecule has 0 aliphatic heterocycles. The summed E-state index contributed by atoms with van der Waals surface area (Å²) in [6.45, 7) is 4.03. The van der Waals surface area contributed by atoms with Crippen LogP contribution in [-0.2, 0) is 5.88 Å². The molecule has 2 rings (SSSR count). The van der Waals surface area contributed by atoms with E-state index in [-0.39, 0.29) is 6.08 Å². The second-order valence-electron chi connectivity index (χ2n) is 3.54. The first-order valence-electron chi connectivity index (χ1n) is 4.95. The van der Waals surface area contributed by atoms with E-state index in [1.54, 1.807) is 0 Å². The Labute approximate surface area is 99.0 Å². The minimum Gasteiger partial charge on any atom is -0.417 e. The molecule has 0 aliphatic rings. The highest BCUT2D eigenvalue weighted by atomic mass is 35.5. The molecule has 0 saturated heterocycles. The van der Waals surface area contributed by atoms with E-state index in [0.29, 0.717) is 11.6 Å². The second-order valence-corrected chi connectivity index (χ2v) is 3.81. The van der Waals surface area contributed by atoms with Crippen molar-refractivity contribution < 1.29 is 9.15 Å². The zero-order chi connectivity index (χ0) is 11.5. The molecule has 4 heteroatoms. The second kappa shape index (κ2) is 4.58. The van der Waals surface area contributed by atoms with Crippen LogP contribution in [0.2, 0.25) is 0 Å². The van der Waals surface area contributed by atoms with E-state index < -0.39 is 0 Å². The van der Waals surface area contributed by atoms with Crippen molar-refractivity contribution in [2.75, 3.05) is 0 Å². The number of rotatable bonds is 3. The van der Waals surface area contributed by atoms with E-state index in [9.17, 15) is 0 Å². The number of hydrogen-bond acceptors (Lipinski definition) is 3. The van der Waals surface area contributed by atoms with Gasteiger partial charge in [0.25, 0.3) is 0 Å². The van der Waals surface area contributed by atoms with Crippen LogP contribution < -0.4 is 4.74 Å². The van der Waals surface area contributed by atoms with Crippen molar-refractivity contribution in [3.8, 4) is 11.8 Å². The van der Waals surface area contributed by atoms with Crippen LogP contribution in [0.1, 0.15) is 16.8 Å². The largest absolute Gasteiger partial charge is 0.417 e. The summed E-state index contributed by atoms with van der Waals surface area (Å²) in [5.74, 6) is 1.07. The molecule has 2 aromatic rings. The smallest absolute Gasteiger partial charge is 0.399 e. The number of hydrogen-bond donors (Lipinski definition) is 0. The van der Waals surface area contributed by atoms with Gasteiger partial charge in [-0.3, -0.25) is 0 Å². The molecule has 1 heterocycles. The standard InChI is InChI=1S/C12H12ClNO2/c1-8-4-3-5-11(9(8)2)16-12-14-10(6-13)7-15-12/h3-5,7H,6H2,1-2H3. The van der Waals surface area contributed by atoms with Crippen molar-refractivity contribution in [2.45, 2.75) is 19.7 Å². The van der Waals surface area contributed by atoms with Crippen LogP contribution in [0.5, 0.6) is 11.8 Å². The Morgan fingerprint density at radius 2 is 2.19 bits per heavy atom. The maximum Gasteiger partial charge on any atom is 0.399 e. The zero-order valence-electron chi connectivity index (χ0n) is 9.16. The van der Waals surface area contributed by atoms with E-state index in [1.165, 1.54) is 11.8 Å². The van der Waals surface area contributed by atoms with Gasteiger partial charge in [-0.2, -0.15) is 4.98 Å². The third-order valence-electron chi connectivity index (χ3n) is 2.42. The average molecular weight is 238 g/mol. The van der Waals surface area contributed by atoms with Gasteiger partial charge in [0, 0.05) is 0 Å². The molecule has 0 spiro atoms. The van der Waals surface area contributed by atoms with Gasteiger partial charge in [-0.25, -0.2) is 0 Å². The third kappa shape index (κ3) is 2.19. The number of alkyl halides is 1. The van der Waals surface area contributed by atoms with Crippen LogP contribution in [0.4, 0.5) is 0 Å². The summed E-state index contributed by atoms with van der Waals surface area (Å²) in [5, 5.41) is 0. The van der Waals surface area contributed by atoms with E-state index >= 15 is 0 Å². The molecule has 0 unspecified atom stereocenters. The first-order valence-corrected chi connectivity index (χ1v) is 5.48. The SMILES string of the molecule is Cc1cccc(Oc2nc(CCl)co2)c1C. The van der Waals surface area contributed by atoms with Crippen molar-refractivity contribution in [1.29, 1.82) is 0 Å². The molecule has 16 heavy (non-hydrogen) atoms. The highest BCUT2D eigenvalue weighted by molar-refractivity contribution is 6.16. The number of halogens is 1. The highest BCUT2D eigenvalue weighted by Crippen LogP contribution is 2.26. The van der Waals surface area contributed by atoms with Crippen molar-refractivity contribution in [3.63, 3.8) is 0 Å². The molecule has 3 nitrogen and oxygen atoms in total. The van der Waals surface area contributed by atoms with Crippen LogP contribution in [0.15, 0.2) is 28.9 Å². The molecule has 0 fully saturated rings. The van der Waals surface area contributed by atoms with Gasteiger partial charge in [-0.1, -0.05) is 12.1 Å². The van der Waals surface area contributed by atoms with Crippen LogP contribution in [0.25, 0.3) is 0 Å². The molecule has 0 atom stereocenters. The minimum atomic E-state index is 0.226. The molecule has 0 amide bonds. The van der Waals surface area contributed by atoms with Gasteiger partial charge in [0.1, 0.15) is 12.0 Å². The van der Waals surface area contributed by atoms with Crippen molar-refractivity contribution in [3.05, 3.63) is 41.3 Å². The normalized spacial score (nSPS) is 10.4. The van der Waals surface area contributed by atoms with Gasteiger partial charge in [0.2, 0.25) is 0 Å². The zero-order valence-corrected chi connectivity index (χ0v) is 9.91. The summed E-state index contributed by atoms with van der Waals surface area (Å²) >= 11 is 5.62. The van der Waals surface area contributed by atoms with Gasteiger partial charge in [0.15, 0.2) is 0 Å². The fraction of sp³-hybridized carbons (Fsp3) is 0.250. The Morgan fingerprint density at radius 1 is 1.38 bits per heavy atom. The highest BCUT2D eigenvalue weighted by Gasteiger charge is 2.08. The molecule has 0 N–H and O–H groups in total. The summed E-state index contributed by atoms with van der Waals surface area (Å²) in [5.41, 5.74) is 2.91. The Morgan fingerprint density at radius 3 is 2.88 bits per heavy atom. The van der Waals surface area contributed by atoms with E-state index in [0.717, 1.165) is 11.3 Å². The first kappa shape index (κ1) is 11.0. The predicted octanol–water partition coefficient (Wildman–Crippen LogP) is 3.82. The number of oxazole rings is 1. The summed E-state index contributed by atoms with van der Waals surface area (Å²) in [6.07, 6.45) is 1.72. The molecule has 84 valence electrons. The fourth-order valence-electron chi connectivity index (χ4n) is 1.33. The molecular formula is C12H12ClNO2. The molecular weight excluding hydrogens is 226 g/mol. The van der Waals surface area contributed by atoms with E-state index in [4.69, 9.17) is 20.8 Å². The summed E-state index contributed by atoms with van der Waals surface area (Å²) in [6, 6.07) is 5.85. The fourth-order valence-corrected chi connectivity index (χ4v) is 1.45. The topological polar surface area (TPSA) is 35.3 Å². The van der Waals surface area contributed by atoms with Crippen molar-refractivity contribution in [2.24, 2.45) is 0 Å². The Hall–Kier alpha value is -1.48. The average Bonchev–Trinajstić information content (AvgIpc) is 2.73. The molecule has 0 radical (unpaired) electrons. The summed E-state index contributed by atoms with van der Waals surface area (Å²) in [7, 11) is 0. The summed E-state index contributed by atoms with van der Waals surface area (Å²) in [4.78, 5) is 4.07. The lowest BCUT2D eigenvalue weighted by Crippen LogP contribution is -1.90. The van der Waals surface area contributed by atoms with Crippen LogP contribution in [0, 0.1) is 13.8 Å². The lowest BCUT2D eigenvalue weighted by molar-refractivity contribution is 0.329. The molecule has 0 aliphatic carbocycles. The monoisotopic (exact) mass is 237 g/mol. The first-order chi connectivity index (χ1) is 7.70.